The van der Waals surface area contributed by atoms with Crippen molar-refractivity contribution in [1.29, 1.82) is 0 Å². The summed E-state index contributed by atoms with van der Waals surface area (Å²) in [5.74, 6) is -0.0621. The van der Waals surface area contributed by atoms with E-state index in [0.29, 0.717) is 29.6 Å². The van der Waals surface area contributed by atoms with E-state index < -0.39 is 11.9 Å². The zero-order valence-electron chi connectivity index (χ0n) is 14.2. The van der Waals surface area contributed by atoms with Crippen molar-refractivity contribution in [1.82, 2.24) is 15.2 Å². The Labute approximate surface area is 155 Å². The van der Waals surface area contributed by atoms with Crippen molar-refractivity contribution in [2.75, 3.05) is 6.54 Å². The van der Waals surface area contributed by atoms with E-state index in [-0.39, 0.29) is 24.7 Å². The Morgan fingerprint density at radius 1 is 1.38 bits per heavy atom. The first-order chi connectivity index (χ1) is 12.5. The molecule has 1 N–H and O–H groups in total. The van der Waals surface area contributed by atoms with Gasteiger partial charge in [-0.3, -0.25) is 19.7 Å². The molecule has 0 spiro atoms. The molecule has 3 amide bonds. The highest BCUT2D eigenvalue weighted by molar-refractivity contribution is 6.33. The summed E-state index contributed by atoms with van der Waals surface area (Å²) >= 11 is 6.14. The molecular weight excluding hydrogens is 358 g/mol. The van der Waals surface area contributed by atoms with Crippen LogP contribution in [-0.2, 0) is 20.8 Å². The third-order valence-electron chi connectivity index (χ3n) is 4.23. The van der Waals surface area contributed by atoms with Gasteiger partial charge in [-0.15, -0.1) is 0 Å². The number of hydrogen-bond acceptors (Lipinski definition) is 5. The minimum atomic E-state index is -0.733. The van der Waals surface area contributed by atoms with Gasteiger partial charge in [-0.1, -0.05) is 23.7 Å². The summed E-state index contributed by atoms with van der Waals surface area (Å²) in [5.41, 5.74) is 0.732. The third kappa shape index (κ3) is 3.77. The molecule has 0 radical (unpaired) electrons. The van der Waals surface area contributed by atoms with Crippen molar-refractivity contribution >= 4 is 29.3 Å². The van der Waals surface area contributed by atoms with Gasteiger partial charge in [-0.25, -0.2) is 4.98 Å². The Hall–Kier alpha value is -2.67. The van der Waals surface area contributed by atoms with Gasteiger partial charge >= 0.3 is 0 Å². The van der Waals surface area contributed by atoms with Crippen molar-refractivity contribution in [3.63, 3.8) is 0 Å². The predicted molar refractivity (Wildman–Crippen MR) is 94.2 cm³/mol. The summed E-state index contributed by atoms with van der Waals surface area (Å²) < 4.78 is 5.68. The molecule has 7 nitrogen and oxygen atoms in total. The SMILES string of the molecule is CCN(C(=O)CCc1ncc(-c2ccccc2Cl)o1)[C@H]1CC(=O)NC1=O. The van der Waals surface area contributed by atoms with E-state index in [1.54, 1.807) is 19.2 Å². The second-order valence-corrected chi connectivity index (χ2v) is 6.32. The van der Waals surface area contributed by atoms with Crippen LogP contribution in [0.2, 0.25) is 5.02 Å². The van der Waals surface area contributed by atoms with Crippen LogP contribution in [0.5, 0.6) is 0 Å². The number of rotatable bonds is 6. The summed E-state index contributed by atoms with van der Waals surface area (Å²) in [6.45, 7) is 2.12. The number of likely N-dealkylation sites (N-methyl/N-ethyl adjacent to an activating group) is 1. The highest BCUT2D eigenvalue weighted by Gasteiger charge is 2.36. The molecule has 2 aromatic rings. The number of nitrogens with zero attached hydrogens (tertiary/aromatic N) is 2. The van der Waals surface area contributed by atoms with E-state index in [1.807, 2.05) is 18.2 Å². The van der Waals surface area contributed by atoms with Crippen LogP contribution < -0.4 is 5.32 Å². The van der Waals surface area contributed by atoms with Gasteiger partial charge < -0.3 is 9.32 Å². The fourth-order valence-corrected chi connectivity index (χ4v) is 3.16. The van der Waals surface area contributed by atoms with E-state index in [9.17, 15) is 14.4 Å². The number of imide groups is 1. The standard InChI is InChI=1S/C18H18ClN3O4/c1-2-22(13-9-15(23)21-18(13)25)17(24)8-7-16-20-10-14(26-16)11-5-3-4-6-12(11)19/h3-6,10,13H,2,7-9H2,1H3,(H,21,23,25)/t13-/m0/s1. The van der Waals surface area contributed by atoms with E-state index in [1.165, 1.54) is 4.90 Å². The Morgan fingerprint density at radius 2 is 2.15 bits per heavy atom. The maximum atomic E-state index is 12.5. The van der Waals surface area contributed by atoms with E-state index in [4.69, 9.17) is 16.0 Å². The lowest BCUT2D eigenvalue weighted by Crippen LogP contribution is -2.44. The number of oxazole rings is 1. The van der Waals surface area contributed by atoms with Crippen molar-refractivity contribution < 1.29 is 18.8 Å². The number of carbonyl (C=O) groups excluding carboxylic acids is 3. The fraction of sp³-hybridized carbons (Fsp3) is 0.333. The lowest BCUT2D eigenvalue weighted by atomic mass is 10.1. The highest BCUT2D eigenvalue weighted by Crippen LogP contribution is 2.28. The summed E-state index contributed by atoms with van der Waals surface area (Å²) in [7, 11) is 0. The molecule has 0 aliphatic carbocycles. The number of aryl methyl sites for hydroxylation is 1. The van der Waals surface area contributed by atoms with E-state index in [0.717, 1.165) is 5.56 Å². The molecule has 1 fully saturated rings. The van der Waals surface area contributed by atoms with Crippen molar-refractivity contribution in [2.45, 2.75) is 32.2 Å². The average molecular weight is 376 g/mol. The van der Waals surface area contributed by atoms with Gasteiger partial charge in [0.05, 0.1) is 17.6 Å². The first-order valence-electron chi connectivity index (χ1n) is 8.32. The van der Waals surface area contributed by atoms with Crippen LogP contribution in [0.4, 0.5) is 0 Å². The Balaban J connectivity index is 1.63. The molecule has 8 heteroatoms. The zero-order valence-corrected chi connectivity index (χ0v) is 15.0. The molecular formula is C18H18ClN3O4. The summed E-state index contributed by atoms with van der Waals surface area (Å²) in [5, 5.41) is 2.78. The quantitative estimate of drug-likeness (QED) is 0.781. The van der Waals surface area contributed by atoms with Gasteiger partial charge in [0, 0.05) is 24.9 Å². The van der Waals surface area contributed by atoms with Crippen molar-refractivity contribution in [3.8, 4) is 11.3 Å². The normalized spacial score (nSPS) is 16.6. The van der Waals surface area contributed by atoms with Crippen LogP contribution in [0.25, 0.3) is 11.3 Å². The number of hydrogen-bond donors (Lipinski definition) is 1. The van der Waals surface area contributed by atoms with Crippen LogP contribution in [-0.4, -0.2) is 40.2 Å². The average Bonchev–Trinajstić information content (AvgIpc) is 3.21. The predicted octanol–water partition coefficient (Wildman–Crippen LogP) is 2.19. The van der Waals surface area contributed by atoms with Crippen LogP contribution in [0.15, 0.2) is 34.9 Å². The molecule has 1 aromatic heterocycles. The Bertz CT molecular complexity index is 848. The first kappa shape index (κ1) is 18.1. The van der Waals surface area contributed by atoms with Gasteiger partial charge in [0.2, 0.25) is 17.7 Å². The molecule has 0 unspecified atom stereocenters. The number of carbonyl (C=O) groups is 3. The third-order valence-corrected chi connectivity index (χ3v) is 4.56. The number of nitrogens with one attached hydrogen (secondary N) is 1. The second kappa shape index (κ2) is 7.70. The number of benzene rings is 1. The van der Waals surface area contributed by atoms with Crippen molar-refractivity contribution in [3.05, 3.63) is 41.4 Å². The molecule has 26 heavy (non-hydrogen) atoms. The lowest BCUT2D eigenvalue weighted by Gasteiger charge is -2.25. The fourth-order valence-electron chi connectivity index (χ4n) is 2.93. The van der Waals surface area contributed by atoms with E-state index in [2.05, 4.69) is 10.3 Å². The number of aromatic nitrogens is 1. The first-order valence-corrected chi connectivity index (χ1v) is 8.70. The van der Waals surface area contributed by atoms with Gasteiger partial charge in [0.25, 0.3) is 0 Å². The van der Waals surface area contributed by atoms with E-state index >= 15 is 0 Å². The summed E-state index contributed by atoms with van der Waals surface area (Å²) in [4.78, 5) is 41.2. The minimum absolute atomic E-state index is 0.00801. The van der Waals surface area contributed by atoms with Gasteiger partial charge in [-0.2, -0.15) is 0 Å². The largest absolute Gasteiger partial charge is 0.441 e. The van der Waals surface area contributed by atoms with Crippen LogP contribution in [0.3, 0.4) is 0 Å². The Kier molecular flexibility index (Phi) is 5.37. The molecule has 1 aromatic carbocycles. The zero-order chi connectivity index (χ0) is 18.7. The number of amides is 3. The van der Waals surface area contributed by atoms with Gasteiger partial charge in [0.15, 0.2) is 11.7 Å². The molecule has 2 heterocycles. The van der Waals surface area contributed by atoms with Crippen molar-refractivity contribution in [2.24, 2.45) is 0 Å². The smallest absolute Gasteiger partial charge is 0.249 e. The molecule has 1 aliphatic heterocycles. The number of halogens is 1. The molecule has 0 saturated carbocycles. The van der Waals surface area contributed by atoms with Gasteiger partial charge in [-0.05, 0) is 19.1 Å². The Morgan fingerprint density at radius 3 is 2.81 bits per heavy atom. The maximum absolute atomic E-state index is 12.5. The maximum Gasteiger partial charge on any atom is 0.249 e. The van der Waals surface area contributed by atoms with Gasteiger partial charge in [0.1, 0.15) is 6.04 Å². The summed E-state index contributed by atoms with van der Waals surface area (Å²) in [6.07, 6.45) is 2.01. The van der Waals surface area contributed by atoms with Crippen LogP contribution >= 0.6 is 11.6 Å². The molecule has 1 aliphatic rings. The molecule has 3 rings (SSSR count). The van der Waals surface area contributed by atoms with Crippen LogP contribution in [0, 0.1) is 0 Å². The topological polar surface area (TPSA) is 92.5 Å². The molecule has 1 atom stereocenters. The highest BCUT2D eigenvalue weighted by atomic mass is 35.5. The monoisotopic (exact) mass is 375 g/mol. The summed E-state index contributed by atoms with van der Waals surface area (Å²) in [6, 6.07) is 6.52. The molecule has 136 valence electrons. The second-order valence-electron chi connectivity index (χ2n) is 5.91. The minimum Gasteiger partial charge on any atom is -0.441 e. The molecule has 0 bridgehead atoms. The molecule has 1 saturated heterocycles. The lowest BCUT2D eigenvalue weighted by molar-refractivity contribution is -0.138. The van der Waals surface area contributed by atoms with Crippen LogP contribution in [0.1, 0.15) is 25.7 Å².